The molecule has 7 heteroatoms. The van der Waals surface area contributed by atoms with Crippen molar-refractivity contribution in [1.82, 2.24) is 9.80 Å². The van der Waals surface area contributed by atoms with E-state index < -0.39 is 6.10 Å². The first kappa shape index (κ1) is 20.8. The van der Waals surface area contributed by atoms with E-state index in [4.69, 9.17) is 9.15 Å². The molecule has 5 rings (SSSR count). The van der Waals surface area contributed by atoms with E-state index in [1.54, 1.807) is 17.0 Å². The third-order valence-corrected chi connectivity index (χ3v) is 8.42. The molecule has 0 aromatic carbocycles. The molecule has 0 spiro atoms. The smallest absolute Gasteiger partial charge is 0.311 e. The molecule has 4 aliphatic rings. The van der Waals surface area contributed by atoms with E-state index in [0.29, 0.717) is 44.4 Å². The van der Waals surface area contributed by atoms with Gasteiger partial charge in [-0.25, -0.2) is 0 Å². The lowest BCUT2D eigenvalue weighted by molar-refractivity contribution is -0.145. The number of piperazine rings is 1. The number of furan rings is 1. The number of amides is 1. The molecule has 0 unspecified atom stereocenters. The Morgan fingerprint density at radius 2 is 2.06 bits per heavy atom. The van der Waals surface area contributed by atoms with Crippen LogP contribution in [0.4, 0.5) is 0 Å². The van der Waals surface area contributed by atoms with Gasteiger partial charge in [0.25, 0.3) is 5.91 Å². The van der Waals surface area contributed by atoms with Crippen molar-refractivity contribution in [1.29, 1.82) is 0 Å². The molecule has 1 amide bonds. The van der Waals surface area contributed by atoms with Crippen LogP contribution in [0, 0.1) is 23.2 Å². The SMILES string of the molecule is C[C@H]1CCC=C2C[C@H]3OC(=O)[C@@H](CN4CCN(C(=O)c5ccco5)CC4)[C@H]3[C@H](O)[C@@]21C. The molecule has 7 nitrogen and oxygen atoms in total. The largest absolute Gasteiger partial charge is 0.461 e. The zero-order chi connectivity index (χ0) is 21.8. The molecule has 1 N–H and O–H groups in total. The Morgan fingerprint density at radius 3 is 2.77 bits per heavy atom. The summed E-state index contributed by atoms with van der Waals surface area (Å²) in [5.41, 5.74) is 0.985. The van der Waals surface area contributed by atoms with Crippen LogP contribution in [0.5, 0.6) is 0 Å². The number of ether oxygens (including phenoxy) is 1. The van der Waals surface area contributed by atoms with Gasteiger partial charge in [0.2, 0.25) is 0 Å². The van der Waals surface area contributed by atoms with E-state index in [0.717, 1.165) is 19.3 Å². The molecule has 1 saturated carbocycles. The van der Waals surface area contributed by atoms with Gasteiger partial charge in [0, 0.05) is 50.5 Å². The summed E-state index contributed by atoms with van der Waals surface area (Å²) in [6, 6.07) is 3.40. The summed E-state index contributed by atoms with van der Waals surface area (Å²) in [6.45, 7) is 7.55. The molecular weight excluding hydrogens is 396 g/mol. The fourth-order valence-corrected chi connectivity index (χ4v) is 6.24. The summed E-state index contributed by atoms with van der Waals surface area (Å²) >= 11 is 0. The number of aliphatic hydroxyl groups excluding tert-OH is 1. The Bertz CT molecular complexity index is 873. The van der Waals surface area contributed by atoms with Crippen LogP contribution in [-0.4, -0.2) is 71.7 Å². The van der Waals surface area contributed by atoms with Gasteiger partial charge in [-0.1, -0.05) is 25.5 Å². The molecule has 3 heterocycles. The van der Waals surface area contributed by atoms with Gasteiger partial charge in [-0.05, 0) is 30.9 Å². The van der Waals surface area contributed by atoms with E-state index in [2.05, 4.69) is 24.8 Å². The highest BCUT2D eigenvalue weighted by Gasteiger charge is 2.59. The van der Waals surface area contributed by atoms with E-state index in [-0.39, 0.29) is 35.2 Å². The number of carbonyl (C=O) groups excluding carboxylic acids is 2. The number of aliphatic hydroxyl groups is 1. The first-order valence-electron chi connectivity index (χ1n) is 11.5. The second-order valence-electron chi connectivity index (χ2n) is 9.87. The number of hydrogen-bond donors (Lipinski definition) is 1. The number of fused-ring (bicyclic) bond motifs is 2. The minimum Gasteiger partial charge on any atom is -0.461 e. The average Bonchev–Trinajstić information content (AvgIpc) is 3.39. The molecule has 3 fully saturated rings. The van der Waals surface area contributed by atoms with Crippen LogP contribution in [0.1, 0.15) is 43.7 Å². The van der Waals surface area contributed by atoms with Crippen molar-refractivity contribution in [2.75, 3.05) is 32.7 Å². The predicted octanol–water partition coefficient (Wildman–Crippen LogP) is 2.32. The highest BCUT2D eigenvalue weighted by Crippen LogP contribution is 2.56. The predicted molar refractivity (Wildman–Crippen MR) is 113 cm³/mol. The molecule has 168 valence electrons. The zero-order valence-corrected chi connectivity index (χ0v) is 18.3. The molecule has 31 heavy (non-hydrogen) atoms. The fourth-order valence-electron chi connectivity index (χ4n) is 6.24. The Kier molecular flexibility index (Phi) is 5.21. The van der Waals surface area contributed by atoms with Crippen LogP contribution in [0.25, 0.3) is 0 Å². The second-order valence-corrected chi connectivity index (χ2v) is 9.87. The number of esters is 1. The van der Waals surface area contributed by atoms with Crippen molar-refractivity contribution >= 4 is 11.9 Å². The summed E-state index contributed by atoms with van der Waals surface area (Å²) in [5.74, 6) is -0.0154. The lowest BCUT2D eigenvalue weighted by Gasteiger charge is -2.52. The zero-order valence-electron chi connectivity index (χ0n) is 18.3. The minimum atomic E-state index is -0.578. The monoisotopic (exact) mass is 428 g/mol. The van der Waals surface area contributed by atoms with Gasteiger partial charge in [-0.3, -0.25) is 14.5 Å². The number of nitrogens with zero attached hydrogens (tertiary/aromatic N) is 2. The van der Waals surface area contributed by atoms with E-state index in [1.807, 2.05) is 0 Å². The fraction of sp³-hybridized carbons (Fsp3) is 0.667. The molecule has 0 bridgehead atoms. The van der Waals surface area contributed by atoms with Crippen molar-refractivity contribution in [3.05, 3.63) is 35.8 Å². The van der Waals surface area contributed by atoms with Gasteiger partial charge in [-0.15, -0.1) is 0 Å². The summed E-state index contributed by atoms with van der Waals surface area (Å²) in [4.78, 5) is 29.3. The van der Waals surface area contributed by atoms with Gasteiger partial charge < -0.3 is 19.2 Å². The van der Waals surface area contributed by atoms with Crippen molar-refractivity contribution in [3.63, 3.8) is 0 Å². The lowest BCUT2D eigenvalue weighted by atomic mass is 9.55. The normalized spacial score (nSPS) is 38.3. The summed E-state index contributed by atoms with van der Waals surface area (Å²) in [6.07, 6.45) is 5.82. The third kappa shape index (κ3) is 3.33. The average molecular weight is 429 g/mol. The summed E-state index contributed by atoms with van der Waals surface area (Å²) in [5, 5.41) is 11.5. The van der Waals surface area contributed by atoms with Crippen molar-refractivity contribution in [3.8, 4) is 0 Å². The number of carbonyl (C=O) groups is 2. The lowest BCUT2D eigenvalue weighted by Crippen LogP contribution is -2.55. The second kappa shape index (κ2) is 7.78. The molecule has 2 saturated heterocycles. The first-order valence-corrected chi connectivity index (χ1v) is 11.5. The molecule has 6 atom stereocenters. The Hall–Kier alpha value is -2.12. The van der Waals surface area contributed by atoms with E-state index >= 15 is 0 Å². The van der Waals surface area contributed by atoms with Crippen LogP contribution < -0.4 is 0 Å². The maximum Gasteiger partial charge on any atom is 0.311 e. The van der Waals surface area contributed by atoms with Crippen LogP contribution in [0.15, 0.2) is 34.5 Å². The maximum atomic E-state index is 12.8. The standard InChI is InChI=1S/C24H32N2O5/c1-15-5-3-6-16-13-19-20(21(27)24(15,16)2)17(23(29)31-19)14-25-8-10-26(11-9-25)22(28)18-7-4-12-30-18/h4,6-7,12,15,17,19-21,27H,3,5,8-11,13-14H2,1-2H3/t15-,17-,19+,20+,21-,24+/m0/s1. The number of hydrogen-bond acceptors (Lipinski definition) is 6. The Balaban J connectivity index is 1.26. The van der Waals surface area contributed by atoms with Crippen molar-refractivity contribution in [2.24, 2.45) is 23.2 Å². The highest BCUT2D eigenvalue weighted by atomic mass is 16.6. The topological polar surface area (TPSA) is 83.2 Å². The minimum absolute atomic E-state index is 0.0915. The molecular formula is C24H32N2O5. The molecule has 2 aliphatic heterocycles. The third-order valence-electron chi connectivity index (χ3n) is 8.42. The summed E-state index contributed by atoms with van der Waals surface area (Å²) < 4.78 is 11.0. The molecule has 1 aromatic rings. The molecule has 2 aliphatic carbocycles. The summed E-state index contributed by atoms with van der Waals surface area (Å²) in [7, 11) is 0. The van der Waals surface area contributed by atoms with E-state index in [1.165, 1.54) is 11.8 Å². The quantitative estimate of drug-likeness (QED) is 0.588. The van der Waals surface area contributed by atoms with Crippen LogP contribution >= 0.6 is 0 Å². The Labute approximate surface area is 183 Å². The maximum absolute atomic E-state index is 12.8. The van der Waals surface area contributed by atoms with Gasteiger partial charge in [0.15, 0.2) is 5.76 Å². The van der Waals surface area contributed by atoms with Gasteiger partial charge >= 0.3 is 5.97 Å². The van der Waals surface area contributed by atoms with Gasteiger partial charge in [0.1, 0.15) is 6.10 Å². The molecule has 0 radical (unpaired) electrons. The first-order chi connectivity index (χ1) is 14.9. The highest BCUT2D eigenvalue weighted by molar-refractivity contribution is 5.91. The van der Waals surface area contributed by atoms with Crippen molar-refractivity contribution in [2.45, 2.75) is 45.3 Å². The number of rotatable bonds is 3. The van der Waals surface area contributed by atoms with Gasteiger partial charge in [-0.2, -0.15) is 0 Å². The van der Waals surface area contributed by atoms with E-state index in [9.17, 15) is 14.7 Å². The van der Waals surface area contributed by atoms with Crippen LogP contribution in [0.3, 0.4) is 0 Å². The van der Waals surface area contributed by atoms with Crippen LogP contribution in [0.2, 0.25) is 0 Å². The van der Waals surface area contributed by atoms with Gasteiger partial charge in [0.05, 0.1) is 18.3 Å². The Morgan fingerprint density at radius 1 is 1.29 bits per heavy atom. The molecule has 1 aromatic heterocycles. The van der Waals surface area contributed by atoms with Crippen LogP contribution in [-0.2, 0) is 9.53 Å². The van der Waals surface area contributed by atoms with Crippen molar-refractivity contribution < 1.29 is 23.8 Å². The number of allylic oxidation sites excluding steroid dienone is 1.